The topological polar surface area (TPSA) is 109 Å². The van der Waals surface area contributed by atoms with Crippen molar-refractivity contribution < 1.29 is 18.3 Å². The van der Waals surface area contributed by atoms with Crippen molar-refractivity contribution in [1.82, 2.24) is 4.72 Å². The number of rotatable bonds is 6. The first-order chi connectivity index (χ1) is 13.3. The minimum Gasteiger partial charge on any atom is -0.399 e. The first-order valence-electron chi connectivity index (χ1n) is 8.56. The monoisotopic (exact) mass is 396 g/mol. The molecule has 3 rings (SSSR count). The molecule has 28 heavy (non-hydrogen) atoms. The van der Waals surface area contributed by atoms with Crippen LogP contribution in [0.5, 0.6) is 0 Å². The van der Waals surface area contributed by atoms with E-state index in [9.17, 15) is 18.3 Å². The number of nitrogens with two attached hydrogens (primary N) is 1. The van der Waals surface area contributed by atoms with Crippen LogP contribution in [0.15, 0.2) is 95.4 Å². The molecule has 0 saturated heterocycles. The Morgan fingerprint density at radius 3 is 2.54 bits per heavy atom. The van der Waals surface area contributed by atoms with Crippen LogP contribution in [0.3, 0.4) is 0 Å². The molecule has 0 heterocycles. The fourth-order valence-electron chi connectivity index (χ4n) is 2.69. The molecule has 0 bridgehead atoms. The van der Waals surface area contributed by atoms with E-state index < -0.39 is 15.7 Å². The molecular weight excluding hydrogens is 376 g/mol. The van der Waals surface area contributed by atoms with Crippen LogP contribution in [-0.2, 0) is 10.0 Å². The van der Waals surface area contributed by atoms with Gasteiger partial charge in [0.2, 0.25) is 10.0 Å². The maximum Gasteiger partial charge on any atom is 0.243 e. The van der Waals surface area contributed by atoms with Crippen LogP contribution in [0, 0.1) is 0 Å². The highest BCUT2D eigenvalue weighted by molar-refractivity contribution is 7.89. The zero-order chi connectivity index (χ0) is 20.2. The van der Waals surface area contributed by atoms with Gasteiger partial charge in [0.25, 0.3) is 0 Å². The van der Waals surface area contributed by atoms with Crippen molar-refractivity contribution in [3.63, 3.8) is 0 Å². The summed E-state index contributed by atoms with van der Waals surface area (Å²) in [4.78, 5) is 12.1. The molecule has 144 valence electrons. The lowest BCUT2D eigenvalue weighted by atomic mass is 9.99. The first-order valence-corrected chi connectivity index (χ1v) is 10.0. The number of nitrogen functional groups attached to an aromatic ring is 1. The predicted molar refractivity (Wildman–Crippen MR) is 108 cm³/mol. The fourth-order valence-corrected chi connectivity index (χ4v) is 3.97. The van der Waals surface area contributed by atoms with Crippen LogP contribution in [0.2, 0.25) is 0 Å². The number of allylic oxidation sites excluding steroid dienone is 4. The van der Waals surface area contributed by atoms with E-state index >= 15 is 0 Å². The summed E-state index contributed by atoms with van der Waals surface area (Å²) in [5, 5.41) is 10.6. The third-order valence-electron chi connectivity index (χ3n) is 4.17. The maximum absolute atomic E-state index is 12.5. The number of carbonyl (C=O) groups is 1. The van der Waals surface area contributed by atoms with Gasteiger partial charge in [-0.15, -0.1) is 0 Å². The van der Waals surface area contributed by atoms with Crippen molar-refractivity contribution in [3.8, 4) is 0 Å². The zero-order valence-corrected chi connectivity index (χ0v) is 15.8. The van der Waals surface area contributed by atoms with Gasteiger partial charge in [0, 0.05) is 17.7 Å². The Kier molecular flexibility index (Phi) is 5.60. The van der Waals surface area contributed by atoms with Crippen LogP contribution in [-0.4, -0.2) is 25.0 Å². The molecule has 0 spiro atoms. The quantitative estimate of drug-likeness (QED) is 0.301. The predicted octanol–water partition coefficient (Wildman–Crippen LogP) is 2.56. The number of anilines is 1. The molecule has 1 aliphatic rings. The first kappa shape index (κ1) is 19.8. The van der Waals surface area contributed by atoms with Crippen molar-refractivity contribution in [2.75, 3.05) is 5.73 Å². The molecule has 0 saturated carbocycles. The molecule has 7 heteroatoms. The highest BCUT2D eigenvalue weighted by Gasteiger charge is 2.31. The van der Waals surface area contributed by atoms with Crippen molar-refractivity contribution in [2.45, 2.75) is 17.0 Å². The molecule has 4 N–H and O–H groups in total. The summed E-state index contributed by atoms with van der Waals surface area (Å²) in [7, 11) is -3.95. The van der Waals surface area contributed by atoms with Gasteiger partial charge in [-0.25, -0.2) is 8.42 Å². The number of hydrogen-bond acceptors (Lipinski definition) is 5. The molecule has 1 aliphatic carbocycles. The van der Waals surface area contributed by atoms with Gasteiger partial charge in [-0.1, -0.05) is 54.6 Å². The minimum absolute atomic E-state index is 0.0181. The summed E-state index contributed by atoms with van der Waals surface area (Å²) in [6.45, 7) is 0. The van der Waals surface area contributed by atoms with E-state index in [0.717, 1.165) is 0 Å². The SMILES string of the molecule is Nc1cccc(S(=O)(=O)NC2(O)C=CC(C=CC(=O)c3ccccc3)=CC2)c1. The largest absolute Gasteiger partial charge is 0.399 e. The third kappa shape index (κ3) is 4.83. The van der Waals surface area contributed by atoms with Crippen LogP contribution >= 0.6 is 0 Å². The number of hydrogen-bond donors (Lipinski definition) is 3. The van der Waals surface area contributed by atoms with E-state index in [1.807, 2.05) is 6.07 Å². The van der Waals surface area contributed by atoms with E-state index in [4.69, 9.17) is 5.73 Å². The van der Waals surface area contributed by atoms with Gasteiger partial charge in [0.05, 0.1) is 4.90 Å². The molecule has 0 aromatic heterocycles. The number of ketones is 1. The second kappa shape index (κ2) is 7.93. The van der Waals surface area contributed by atoms with Crippen molar-refractivity contribution in [1.29, 1.82) is 0 Å². The van der Waals surface area contributed by atoms with E-state index in [1.54, 1.807) is 48.6 Å². The molecule has 6 nitrogen and oxygen atoms in total. The highest BCUT2D eigenvalue weighted by atomic mass is 32.2. The minimum atomic E-state index is -3.95. The number of carbonyl (C=O) groups excluding carboxylic acids is 1. The van der Waals surface area contributed by atoms with Gasteiger partial charge in [-0.3, -0.25) is 4.79 Å². The molecule has 2 aromatic carbocycles. The fraction of sp³-hybridized carbons (Fsp3) is 0.0952. The zero-order valence-electron chi connectivity index (χ0n) is 14.9. The van der Waals surface area contributed by atoms with Crippen LogP contribution in [0.25, 0.3) is 0 Å². The molecule has 0 aliphatic heterocycles. The molecule has 0 radical (unpaired) electrons. The van der Waals surface area contributed by atoms with Gasteiger partial charge in [0.1, 0.15) is 0 Å². The Labute approximate surface area is 163 Å². The van der Waals surface area contributed by atoms with E-state index in [0.29, 0.717) is 16.8 Å². The number of benzene rings is 2. The summed E-state index contributed by atoms with van der Waals surface area (Å²) in [5.74, 6) is -0.141. The van der Waals surface area contributed by atoms with Crippen LogP contribution in [0.4, 0.5) is 5.69 Å². The number of nitrogens with one attached hydrogen (secondary N) is 1. The van der Waals surface area contributed by atoms with E-state index in [-0.39, 0.29) is 17.1 Å². The third-order valence-corrected chi connectivity index (χ3v) is 5.66. The molecule has 2 aromatic rings. The van der Waals surface area contributed by atoms with Crippen LogP contribution in [0.1, 0.15) is 16.8 Å². The van der Waals surface area contributed by atoms with Crippen molar-refractivity contribution in [3.05, 3.63) is 96.1 Å². The van der Waals surface area contributed by atoms with E-state index in [1.165, 1.54) is 30.4 Å². The molecular formula is C21H20N2O4S. The molecule has 1 atom stereocenters. The smallest absolute Gasteiger partial charge is 0.243 e. The maximum atomic E-state index is 12.5. The lowest BCUT2D eigenvalue weighted by molar-refractivity contribution is 0.0812. The van der Waals surface area contributed by atoms with Crippen molar-refractivity contribution >= 4 is 21.5 Å². The second-order valence-corrected chi connectivity index (χ2v) is 8.09. The second-order valence-electron chi connectivity index (χ2n) is 6.41. The Morgan fingerprint density at radius 1 is 1.14 bits per heavy atom. The summed E-state index contributed by atoms with van der Waals surface area (Å²) >= 11 is 0. The van der Waals surface area contributed by atoms with Gasteiger partial charge < -0.3 is 10.8 Å². The van der Waals surface area contributed by atoms with Crippen LogP contribution < -0.4 is 10.5 Å². The van der Waals surface area contributed by atoms with Crippen molar-refractivity contribution in [2.24, 2.45) is 0 Å². The number of aliphatic hydroxyl groups is 1. The Hall–Kier alpha value is -3.00. The average molecular weight is 396 g/mol. The normalized spacial score (nSPS) is 19.5. The molecule has 0 fully saturated rings. The highest BCUT2D eigenvalue weighted by Crippen LogP contribution is 2.23. The average Bonchev–Trinajstić information content (AvgIpc) is 2.67. The molecule has 0 amide bonds. The summed E-state index contributed by atoms with van der Waals surface area (Å²) in [5.41, 5.74) is 5.44. The lowest BCUT2D eigenvalue weighted by Crippen LogP contribution is -2.47. The lowest BCUT2D eigenvalue weighted by Gasteiger charge is -2.27. The molecule has 1 unspecified atom stereocenters. The summed E-state index contributed by atoms with van der Waals surface area (Å²) in [6, 6.07) is 14.7. The van der Waals surface area contributed by atoms with Gasteiger partial charge in [-0.2, -0.15) is 4.72 Å². The summed E-state index contributed by atoms with van der Waals surface area (Å²) in [6.07, 6.45) is 7.63. The van der Waals surface area contributed by atoms with Gasteiger partial charge >= 0.3 is 0 Å². The Morgan fingerprint density at radius 2 is 1.89 bits per heavy atom. The van der Waals surface area contributed by atoms with Gasteiger partial charge in [-0.05, 0) is 35.9 Å². The van der Waals surface area contributed by atoms with E-state index in [2.05, 4.69) is 4.72 Å². The Bertz CT molecular complexity index is 1070. The number of sulfonamides is 1. The standard InChI is InChI=1S/C21H20N2O4S/c22-18-7-4-8-19(15-18)28(26,27)23-21(25)13-11-16(12-14-21)9-10-20(24)17-5-2-1-3-6-17/h1-13,15,23,25H,14,22H2. The van der Waals surface area contributed by atoms with Gasteiger partial charge in [0.15, 0.2) is 11.5 Å². The Balaban J connectivity index is 1.68. The summed E-state index contributed by atoms with van der Waals surface area (Å²) < 4.78 is 27.2.